The number of thiophene rings is 1. The first-order valence-electron chi connectivity index (χ1n) is 8.24. The Hall–Kier alpha value is -2.83. The molecule has 0 saturated heterocycles. The number of hydrogen-bond donors (Lipinski definition) is 1. The molecule has 0 bridgehead atoms. The van der Waals surface area contributed by atoms with Crippen molar-refractivity contribution < 1.29 is 14.0 Å². The number of carbonyl (C=O) groups is 2. The highest BCUT2D eigenvalue weighted by molar-refractivity contribution is 7.11. The summed E-state index contributed by atoms with van der Waals surface area (Å²) in [5.74, 6) is -0.192. The van der Waals surface area contributed by atoms with Gasteiger partial charge in [0.1, 0.15) is 11.5 Å². The van der Waals surface area contributed by atoms with Crippen LogP contribution in [0.2, 0.25) is 5.02 Å². The van der Waals surface area contributed by atoms with E-state index in [9.17, 15) is 9.59 Å². The average Bonchev–Trinajstić information content (AvgIpc) is 3.38. The zero-order valence-electron chi connectivity index (χ0n) is 14.4. The molecule has 2 aromatic heterocycles. The van der Waals surface area contributed by atoms with Gasteiger partial charge in [-0.1, -0.05) is 23.7 Å². The van der Waals surface area contributed by atoms with Crippen LogP contribution in [0.5, 0.6) is 0 Å². The summed E-state index contributed by atoms with van der Waals surface area (Å²) < 4.78 is 5.31. The van der Waals surface area contributed by atoms with E-state index in [-0.39, 0.29) is 24.1 Å². The third kappa shape index (κ3) is 3.29. The molecule has 0 spiro atoms. The van der Waals surface area contributed by atoms with Crippen LogP contribution >= 0.6 is 22.9 Å². The first-order valence-corrected chi connectivity index (χ1v) is 9.50. The molecule has 0 fully saturated rings. The molecule has 0 atom stereocenters. The molecule has 1 N–H and O–H groups in total. The van der Waals surface area contributed by atoms with Crippen molar-refractivity contribution in [2.75, 3.05) is 5.32 Å². The second kappa shape index (κ2) is 7.06. The second-order valence-corrected chi connectivity index (χ2v) is 7.47. The topological polar surface area (TPSA) is 62.6 Å². The molecule has 3 aromatic rings. The lowest BCUT2D eigenvalue weighted by Gasteiger charge is -2.14. The molecule has 136 valence electrons. The monoisotopic (exact) mass is 398 g/mol. The maximum atomic E-state index is 13.1. The lowest BCUT2D eigenvalue weighted by Crippen LogP contribution is -2.31. The van der Waals surface area contributed by atoms with Gasteiger partial charge in [-0.3, -0.25) is 14.5 Å². The van der Waals surface area contributed by atoms with E-state index in [1.807, 2.05) is 30.5 Å². The van der Waals surface area contributed by atoms with Gasteiger partial charge < -0.3 is 9.73 Å². The van der Waals surface area contributed by atoms with Crippen molar-refractivity contribution in [1.29, 1.82) is 0 Å². The standard InChI is InChI=1S/C20H15ClN2O3S/c1-12-6-7-13(21)10-15(12)22-18-17(16-5-3-9-27-16)19(24)23(20(18)25)11-14-4-2-8-26-14/h2-10,22H,11H2,1H3. The van der Waals surface area contributed by atoms with Crippen LogP contribution in [0.15, 0.2) is 64.2 Å². The zero-order chi connectivity index (χ0) is 19.0. The van der Waals surface area contributed by atoms with E-state index in [0.717, 1.165) is 10.4 Å². The molecule has 0 unspecified atom stereocenters. The summed E-state index contributed by atoms with van der Waals surface area (Å²) in [6.45, 7) is 1.99. The minimum absolute atomic E-state index is 0.0826. The predicted octanol–water partition coefficient (Wildman–Crippen LogP) is 4.70. The summed E-state index contributed by atoms with van der Waals surface area (Å²) in [6, 6.07) is 12.5. The Bertz CT molecular complexity index is 1040. The van der Waals surface area contributed by atoms with Crippen molar-refractivity contribution in [2.45, 2.75) is 13.5 Å². The average molecular weight is 399 g/mol. The molecule has 0 saturated carbocycles. The minimum atomic E-state index is -0.390. The number of carbonyl (C=O) groups excluding carboxylic acids is 2. The van der Waals surface area contributed by atoms with Crippen LogP contribution < -0.4 is 5.32 Å². The van der Waals surface area contributed by atoms with Crippen LogP contribution in [0.3, 0.4) is 0 Å². The van der Waals surface area contributed by atoms with E-state index >= 15 is 0 Å². The van der Waals surface area contributed by atoms with Crippen LogP contribution in [0.25, 0.3) is 5.57 Å². The molecule has 4 rings (SSSR count). The third-order valence-electron chi connectivity index (χ3n) is 4.29. The lowest BCUT2D eigenvalue weighted by molar-refractivity contribution is -0.137. The SMILES string of the molecule is Cc1ccc(Cl)cc1NC1=C(c2cccs2)C(=O)N(Cc2ccco2)C1=O. The van der Waals surface area contributed by atoms with E-state index in [0.29, 0.717) is 22.0 Å². The van der Waals surface area contributed by atoms with E-state index < -0.39 is 0 Å². The molecule has 0 aliphatic carbocycles. The van der Waals surface area contributed by atoms with E-state index in [1.165, 1.54) is 22.5 Å². The van der Waals surface area contributed by atoms with Gasteiger partial charge >= 0.3 is 0 Å². The van der Waals surface area contributed by atoms with Crippen molar-refractivity contribution in [3.63, 3.8) is 0 Å². The Kier molecular flexibility index (Phi) is 4.59. The number of nitrogens with one attached hydrogen (secondary N) is 1. The summed E-state index contributed by atoms with van der Waals surface area (Å²) in [7, 11) is 0. The number of furan rings is 1. The molecular weight excluding hydrogens is 384 g/mol. The van der Waals surface area contributed by atoms with E-state index in [1.54, 1.807) is 24.3 Å². The fraction of sp³-hybridized carbons (Fsp3) is 0.100. The fourth-order valence-corrected chi connectivity index (χ4v) is 3.85. The van der Waals surface area contributed by atoms with Crippen molar-refractivity contribution in [3.05, 3.63) is 81.0 Å². The third-order valence-corrected chi connectivity index (χ3v) is 5.41. The summed E-state index contributed by atoms with van der Waals surface area (Å²) >= 11 is 7.51. The first-order chi connectivity index (χ1) is 13.0. The Morgan fingerprint density at radius 2 is 2.00 bits per heavy atom. The number of halogens is 1. The van der Waals surface area contributed by atoms with Gasteiger partial charge in [-0.25, -0.2) is 0 Å². The van der Waals surface area contributed by atoms with E-state index in [4.69, 9.17) is 16.0 Å². The van der Waals surface area contributed by atoms with Gasteiger partial charge in [0.15, 0.2) is 0 Å². The highest BCUT2D eigenvalue weighted by Gasteiger charge is 2.40. The summed E-state index contributed by atoms with van der Waals surface area (Å²) in [5, 5.41) is 5.56. The lowest BCUT2D eigenvalue weighted by atomic mass is 10.1. The largest absolute Gasteiger partial charge is 0.467 e. The highest BCUT2D eigenvalue weighted by Crippen LogP contribution is 2.34. The molecule has 2 amide bonds. The normalized spacial score (nSPS) is 14.4. The molecule has 1 aliphatic rings. The van der Waals surface area contributed by atoms with Crippen molar-refractivity contribution in [1.82, 2.24) is 4.90 Å². The molecule has 5 nitrogen and oxygen atoms in total. The van der Waals surface area contributed by atoms with Crippen molar-refractivity contribution in [3.8, 4) is 0 Å². The zero-order valence-corrected chi connectivity index (χ0v) is 15.9. The van der Waals surface area contributed by atoms with Gasteiger partial charge in [-0.05, 0) is 48.2 Å². The summed E-state index contributed by atoms with van der Waals surface area (Å²) in [4.78, 5) is 28.0. The number of imide groups is 1. The molecule has 3 heterocycles. The predicted molar refractivity (Wildman–Crippen MR) is 105 cm³/mol. The maximum Gasteiger partial charge on any atom is 0.278 e. The van der Waals surface area contributed by atoms with Crippen LogP contribution in [0.1, 0.15) is 16.2 Å². The number of hydrogen-bond acceptors (Lipinski definition) is 5. The summed E-state index contributed by atoms with van der Waals surface area (Å²) in [6.07, 6.45) is 1.52. The van der Waals surface area contributed by atoms with Gasteiger partial charge in [-0.2, -0.15) is 0 Å². The highest BCUT2D eigenvalue weighted by atomic mass is 35.5. The van der Waals surface area contributed by atoms with Crippen LogP contribution in [0, 0.1) is 6.92 Å². The maximum absolute atomic E-state index is 13.1. The number of amides is 2. The first kappa shape index (κ1) is 17.6. The minimum Gasteiger partial charge on any atom is -0.467 e. The van der Waals surface area contributed by atoms with E-state index in [2.05, 4.69) is 5.32 Å². The quantitative estimate of drug-likeness (QED) is 0.633. The smallest absolute Gasteiger partial charge is 0.278 e. The molecule has 1 aromatic carbocycles. The summed E-state index contributed by atoms with van der Waals surface area (Å²) in [5.41, 5.74) is 2.22. The van der Waals surface area contributed by atoms with Gasteiger partial charge in [0.05, 0.1) is 18.4 Å². The second-order valence-electron chi connectivity index (χ2n) is 6.09. The molecule has 27 heavy (non-hydrogen) atoms. The van der Waals surface area contributed by atoms with Crippen LogP contribution in [0.4, 0.5) is 5.69 Å². The Balaban J connectivity index is 1.75. The van der Waals surface area contributed by atoms with Gasteiger partial charge in [0, 0.05) is 15.6 Å². The molecular formula is C20H15ClN2O3S. The van der Waals surface area contributed by atoms with Crippen molar-refractivity contribution in [2.24, 2.45) is 0 Å². The van der Waals surface area contributed by atoms with Crippen LogP contribution in [-0.4, -0.2) is 16.7 Å². The van der Waals surface area contributed by atoms with Crippen LogP contribution in [-0.2, 0) is 16.1 Å². The number of benzene rings is 1. The Labute approximate surface area is 164 Å². The molecule has 0 radical (unpaired) electrons. The molecule has 7 heteroatoms. The van der Waals surface area contributed by atoms with Gasteiger partial charge in [-0.15, -0.1) is 11.3 Å². The fourth-order valence-electron chi connectivity index (χ4n) is 2.91. The van der Waals surface area contributed by atoms with Gasteiger partial charge in [0.2, 0.25) is 0 Å². The Morgan fingerprint density at radius 1 is 1.15 bits per heavy atom. The number of rotatable bonds is 5. The molecule has 1 aliphatic heterocycles. The number of nitrogens with zero attached hydrogens (tertiary/aromatic N) is 1. The van der Waals surface area contributed by atoms with Gasteiger partial charge in [0.25, 0.3) is 11.8 Å². The van der Waals surface area contributed by atoms with Crippen molar-refractivity contribution >= 4 is 46.0 Å². The number of anilines is 1. The number of aryl methyl sites for hydroxylation is 1. The Morgan fingerprint density at radius 3 is 2.70 bits per heavy atom.